The van der Waals surface area contributed by atoms with E-state index in [1.54, 1.807) is 13.1 Å². The summed E-state index contributed by atoms with van der Waals surface area (Å²) >= 11 is 0. The molecule has 1 N–H and O–H groups in total. The second-order valence-corrected chi connectivity index (χ2v) is 6.10. The molecule has 0 saturated carbocycles. The highest BCUT2D eigenvalue weighted by Gasteiger charge is 2.16. The van der Waals surface area contributed by atoms with Gasteiger partial charge in [-0.3, -0.25) is 4.98 Å². The van der Waals surface area contributed by atoms with Crippen molar-refractivity contribution in [2.75, 3.05) is 11.9 Å². The highest BCUT2D eigenvalue weighted by molar-refractivity contribution is 6.05. The zero-order chi connectivity index (χ0) is 18.5. The van der Waals surface area contributed by atoms with Gasteiger partial charge in [-0.2, -0.15) is 0 Å². The lowest BCUT2D eigenvalue weighted by Crippen LogP contribution is -2.09. The molecule has 0 amide bonds. The summed E-state index contributed by atoms with van der Waals surface area (Å²) < 4.78 is 10.9. The average Bonchev–Trinajstić information content (AvgIpc) is 2.63. The van der Waals surface area contributed by atoms with E-state index < -0.39 is 5.97 Å². The van der Waals surface area contributed by atoms with Gasteiger partial charge in [0.2, 0.25) is 0 Å². The second-order valence-electron chi connectivity index (χ2n) is 6.10. The first-order valence-electron chi connectivity index (χ1n) is 8.67. The Morgan fingerprint density at radius 2 is 1.85 bits per heavy atom. The van der Waals surface area contributed by atoms with Crippen molar-refractivity contribution >= 4 is 28.2 Å². The van der Waals surface area contributed by atoms with Crippen molar-refractivity contribution < 1.29 is 14.3 Å². The predicted molar refractivity (Wildman–Crippen MR) is 103 cm³/mol. The van der Waals surface area contributed by atoms with Gasteiger partial charge in [0.05, 0.1) is 23.9 Å². The van der Waals surface area contributed by atoms with Gasteiger partial charge in [0.15, 0.2) is 0 Å². The first-order valence-corrected chi connectivity index (χ1v) is 8.67. The summed E-state index contributed by atoms with van der Waals surface area (Å²) in [4.78, 5) is 16.7. The molecule has 2 aromatic carbocycles. The number of nitrogens with one attached hydrogen (secondary N) is 1. The Morgan fingerprint density at radius 1 is 1.12 bits per heavy atom. The summed E-state index contributed by atoms with van der Waals surface area (Å²) in [5, 5.41) is 4.20. The molecule has 0 atom stereocenters. The lowest BCUT2D eigenvalue weighted by Gasteiger charge is -2.15. The average molecular weight is 350 g/mol. The third-order valence-corrected chi connectivity index (χ3v) is 3.77. The molecule has 0 radical (unpaired) electrons. The number of pyridine rings is 1. The van der Waals surface area contributed by atoms with Crippen molar-refractivity contribution in [1.82, 2.24) is 4.98 Å². The molecule has 26 heavy (non-hydrogen) atoms. The lowest BCUT2D eigenvalue weighted by molar-refractivity contribution is 0.0527. The number of hydrogen-bond acceptors (Lipinski definition) is 5. The number of rotatable bonds is 6. The zero-order valence-corrected chi connectivity index (χ0v) is 15.2. The topological polar surface area (TPSA) is 60.5 Å². The molecular formula is C21H22N2O3. The van der Waals surface area contributed by atoms with Crippen LogP contribution in [0.3, 0.4) is 0 Å². The monoisotopic (exact) mass is 350 g/mol. The summed E-state index contributed by atoms with van der Waals surface area (Å²) in [6.45, 7) is 6.07. The van der Waals surface area contributed by atoms with E-state index in [1.807, 2.05) is 62.4 Å². The van der Waals surface area contributed by atoms with Crippen LogP contribution < -0.4 is 10.1 Å². The number of carbonyl (C=O) groups excluding carboxylic acids is 1. The Bertz CT molecular complexity index is 905. The van der Waals surface area contributed by atoms with Gasteiger partial charge in [-0.15, -0.1) is 0 Å². The van der Waals surface area contributed by atoms with Crippen LogP contribution in [0.1, 0.15) is 31.1 Å². The highest BCUT2D eigenvalue weighted by atomic mass is 16.5. The standard InChI is InChI=1S/C21H22N2O3/c1-4-25-21(24)18-13-22-19-8-6-5-7-17(19)20(18)23-15-9-11-16(12-10-15)26-14(2)3/h5-14H,4H2,1-3H3,(H,22,23). The van der Waals surface area contributed by atoms with Gasteiger partial charge >= 0.3 is 5.97 Å². The fourth-order valence-corrected chi connectivity index (χ4v) is 2.67. The first kappa shape index (κ1) is 17.7. The van der Waals surface area contributed by atoms with Crippen LogP contribution in [0.25, 0.3) is 10.9 Å². The van der Waals surface area contributed by atoms with Gasteiger partial charge in [-0.05, 0) is 51.1 Å². The number of ether oxygens (including phenoxy) is 2. The lowest BCUT2D eigenvalue weighted by atomic mass is 10.1. The minimum atomic E-state index is -0.395. The van der Waals surface area contributed by atoms with Crippen molar-refractivity contribution in [3.63, 3.8) is 0 Å². The number of hydrogen-bond donors (Lipinski definition) is 1. The quantitative estimate of drug-likeness (QED) is 0.638. The third kappa shape index (κ3) is 3.94. The van der Waals surface area contributed by atoms with Crippen molar-refractivity contribution in [2.24, 2.45) is 0 Å². The van der Waals surface area contributed by atoms with Gasteiger partial charge in [-0.25, -0.2) is 4.79 Å². The summed E-state index contributed by atoms with van der Waals surface area (Å²) in [5.74, 6) is 0.406. The fourth-order valence-electron chi connectivity index (χ4n) is 2.67. The molecule has 0 unspecified atom stereocenters. The van der Waals surface area contributed by atoms with Gasteiger partial charge in [0.25, 0.3) is 0 Å². The van der Waals surface area contributed by atoms with E-state index in [0.717, 1.165) is 22.3 Å². The number of anilines is 2. The van der Waals surface area contributed by atoms with Gasteiger partial charge in [-0.1, -0.05) is 18.2 Å². The van der Waals surface area contributed by atoms with E-state index in [4.69, 9.17) is 9.47 Å². The van der Waals surface area contributed by atoms with Crippen LogP contribution in [-0.4, -0.2) is 23.7 Å². The van der Waals surface area contributed by atoms with Crippen LogP contribution in [0.4, 0.5) is 11.4 Å². The SMILES string of the molecule is CCOC(=O)c1cnc2ccccc2c1Nc1ccc(OC(C)C)cc1. The molecule has 1 heterocycles. The van der Waals surface area contributed by atoms with Gasteiger partial charge in [0.1, 0.15) is 11.3 Å². The van der Waals surface area contributed by atoms with Crippen molar-refractivity contribution in [3.05, 3.63) is 60.3 Å². The largest absolute Gasteiger partial charge is 0.491 e. The Kier molecular flexibility index (Phi) is 5.37. The van der Waals surface area contributed by atoms with E-state index in [2.05, 4.69) is 10.3 Å². The van der Waals surface area contributed by atoms with Crippen LogP contribution in [0.15, 0.2) is 54.7 Å². The molecule has 5 heteroatoms. The Morgan fingerprint density at radius 3 is 2.54 bits per heavy atom. The predicted octanol–water partition coefficient (Wildman–Crippen LogP) is 4.94. The minimum absolute atomic E-state index is 0.119. The van der Waals surface area contributed by atoms with Crippen molar-refractivity contribution in [1.29, 1.82) is 0 Å². The Labute approximate surface area is 153 Å². The van der Waals surface area contributed by atoms with Crippen LogP contribution in [0.2, 0.25) is 0 Å². The van der Waals surface area contributed by atoms with Crippen molar-refractivity contribution in [2.45, 2.75) is 26.9 Å². The number of aromatic nitrogens is 1. The molecule has 0 aliphatic heterocycles. The molecule has 0 fully saturated rings. The zero-order valence-electron chi connectivity index (χ0n) is 15.2. The second kappa shape index (κ2) is 7.87. The maximum absolute atomic E-state index is 12.4. The van der Waals surface area contributed by atoms with E-state index in [0.29, 0.717) is 17.9 Å². The molecule has 5 nitrogen and oxygen atoms in total. The summed E-state index contributed by atoms with van der Waals surface area (Å²) in [6, 6.07) is 15.3. The Balaban J connectivity index is 1.99. The fraction of sp³-hybridized carbons (Fsp3) is 0.238. The van der Waals surface area contributed by atoms with Crippen LogP contribution in [0, 0.1) is 0 Å². The maximum Gasteiger partial charge on any atom is 0.341 e. The smallest absolute Gasteiger partial charge is 0.341 e. The number of carbonyl (C=O) groups is 1. The molecule has 134 valence electrons. The molecule has 3 aromatic rings. The van der Waals surface area contributed by atoms with E-state index in [1.165, 1.54) is 0 Å². The van der Waals surface area contributed by atoms with E-state index >= 15 is 0 Å². The van der Waals surface area contributed by atoms with Crippen LogP contribution in [0.5, 0.6) is 5.75 Å². The molecule has 0 spiro atoms. The summed E-state index contributed by atoms with van der Waals surface area (Å²) in [6.07, 6.45) is 1.67. The molecule has 0 saturated heterocycles. The number of fused-ring (bicyclic) bond motifs is 1. The van der Waals surface area contributed by atoms with Crippen LogP contribution >= 0.6 is 0 Å². The van der Waals surface area contributed by atoms with Gasteiger partial charge < -0.3 is 14.8 Å². The minimum Gasteiger partial charge on any atom is -0.491 e. The molecule has 3 rings (SSSR count). The van der Waals surface area contributed by atoms with E-state index in [-0.39, 0.29) is 6.10 Å². The number of benzene rings is 2. The Hall–Kier alpha value is -3.08. The third-order valence-electron chi connectivity index (χ3n) is 3.77. The molecule has 1 aromatic heterocycles. The number of esters is 1. The van der Waals surface area contributed by atoms with Crippen LogP contribution in [-0.2, 0) is 4.74 Å². The highest BCUT2D eigenvalue weighted by Crippen LogP contribution is 2.30. The summed E-state index contributed by atoms with van der Waals surface area (Å²) in [7, 11) is 0. The normalized spacial score (nSPS) is 10.8. The molecule has 0 bridgehead atoms. The first-order chi connectivity index (χ1) is 12.6. The maximum atomic E-state index is 12.4. The molecule has 0 aliphatic carbocycles. The summed E-state index contributed by atoms with van der Waals surface area (Å²) in [5.41, 5.74) is 2.76. The van der Waals surface area contributed by atoms with Crippen molar-refractivity contribution in [3.8, 4) is 5.75 Å². The van der Waals surface area contributed by atoms with Gasteiger partial charge in [0, 0.05) is 17.3 Å². The van der Waals surface area contributed by atoms with E-state index in [9.17, 15) is 4.79 Å². The molecule has 0 aliphatic rings. The molecular weight excluding hydrogens is 328 g/mol. The number of para-hydroxylation sites is 1. The number of nitrogens with zero attached hydrogens (tertiary/aromatic N) is 1.